The Hall–Kier alpha value is -2.39. The lowest BCUT2D eigenvalue weighted by atomic mass is 10.1. The maximum atomic E-state index is 12.5. The molecule has 1 aliphatic rings. The first-order chi connectivity index (χ1) is 10.4. The van der Waals surface area contributed by atoms with Crippen LogP contribution < -0.4 is 5.32 Å². The predicted molar refractivity (Wildman–Crippen MR) is 67.8 cm³/mol. The maximum Gasteiger partial charge on any atom is 0.432 e. The number of hydrogen-bond donors (Lipinski definition) is 2. The molecule has 1 aliphatic heterocycles. The lowest BCUT2D eigenvalue weighted by Crippen LogP contribution is -2.35. The van der Waals surface area contributed by atoms with E-state index in [2.05, 4.69) is 20.6 Å². The highest BCUT2D eigenvalue weighted by Crippen LogP contribution is 2.27. The van der Waals surface area contributed by atoms with Crippen LogP contribution in [0, 0.1) is 0 Å². The van der Waals surface area contributed by atoms with Gasteiger partial charge < -0.3 is 9.88 Å². The van der Waals surface area contributed by atoms with Crippen LogP contribution in [0.3, 0.4) is 0 Å². The molecule has 0 saturated carbocycles. The molecule has 0 aliphatic carbocycles. The fraction of sp³-hybridized carbons (Fsp3) is 0.500. The van der Waals surface area contributed by atoms with E-state index in [4.69, 9.17) is 0 Å². The van der Waals surface area contributed by atoms with Gasteiger partial charge in [-0.1, -0.05) is 0 Å². The number of fused-ring (bicyclic) bond motifs is 1. The van der Waals surface area contributed by atoms with Crippen LogP contribution in [-0.2, 0) is 19.1 Å². The topological polar surface area (TPSA) is 88.5 Å². The lowest BCUT2D eigenvalue weighted by molar-refractivity contribution is -0.141. The van der Waals surface area contributed by atoms with Gasteiger partial charge in [-0.3, -0.25) is 9.89 Å². The third-order valence-electron chi connectivity index (χ3n) is 3.58. The van der Waals surface area contributed by atoms with Gasteiger partial charge in [-0.05, 0) is 12.8 Å². The standard InChI is InChI=1S/C12H13F3N6O/c13-12(14,15)9-5-8(18-19-9)11(22)17-7-1-2-10-20-16-6-21(10)4-3-7/h5-7H,1-4H2,(H,17,22)(H,18,19). The summed E-state index contributed by atoms with van der Waals surface area (Å²) in [6.07, 6.45) is -0.952. The number of alkyl halides is 3. The number of amides is 1. The normalized spacial score (nSPS) is 18.6. The summed E-state index contributed by atoms with van der Waals surface area (Å²) < 4.78 is 39.3. The summed E-state index contributed by atoms with van der Waals surface area (Å²) in [6, 6.07) is 0.571. The Morgan fingerprint density at radius 3 is 2.95 bits per heavy atom. The van der Waals surface area contributed by atoms with Gasteiger partial charge in [-0.15, -0.1) is 10.2 Å². The summed E-state index contributed by atoms with van der Waals surface area (Å²) in [5, 5.41) is 15.7. The molecule has 0 bridgehead atoms. The molecular formula is C12H13F3N6O. The monoisotopic (exact) mass is 314 g/mol. The molecule has 0 aromatic carbocycles. The van der Waals surface area contributed by atoms with Gasteiger partial charge in [0.25, 0.3) is 5.91 Å². The third-order valence-corrected chi connectivity index (χ3v) is 3.58. The first-order valence-electron chi connectivity index (χ1n) is 6.73. The largest absolute Gasteiger partial charge is 0.432 e. The quantitative estimate of drug-likeness (QED) is 0.870. The number of nitrogens with one attached hydrogen (secondary N) is 2. The Morgan fingerprint density at radius 1 is 1.41 bits per heavy atom. The van der Waals surface area contributed by atoms with Crippen molar-refractivity contribution >= 4 is 5.91 Å². The zero-order valence-electron chi connectivity index (χ0n) is 11.4. The van der Waals surface area contributed by atoms with Gasteiger partial charge in [0, 0.05) is 25.1 Å². The number of H-pyrrole nitrogens is 1. The SMILES string of the molecule is O=C(NC1CCc2nncn2CC1)c1cc(C(F)(F)F)[nH]n1. The van der Waals surface area contributed by atoms with E-state index in [0.717, 1.165) is 5.82 Å². The molecule has 2 aromatic heterocycles. The number of rotatable bonds is 2. The molecule has 1 atom stereocenters. The van der Waals surface area contributed by atoms with Crippen LogP contribution in [0.2, 0.25) is 0 Å². The summed E-state index contributed by atoms with van der Waals surface area (Å²) in [6.45, 7) is 0.654. The molecular weight excluding hydrogens is 301 g/mol. The van der Waals surface area contributed by atoms with Crippen LogP contribution in [0.4, 0.5) is 13.2 Å². The Bertz CT molecular complexity index is 654. The fourth-order valence-electron chi connectivity index (χ4n) is 2.39. The molecule has 0 spiro atoms. The summed E-state index contributed by atoms with van der Waals surface area (Å²) in [5.41, 5.74) is -1.30. The first-order valence-corrected chi connectivity index (χ1v) is 6.73. The molecule has 2 aromatic rings. The van der Waals surface area contributed by atoms with Crippen LogP contribution in [0.15, 0.2) is 12.4 Å². The van der Waals surface area contributed by atoms with Crippen LogP contribution in [0.25, 0.3) is 0 Å². The molecule has 10 heteroatoms. The number of aromatic amines is 1. The second kappa shape index (κ2) is 5.43. The van der Waals surface area contributed by atoms with E-state index in [-0.39, 0.29) is 11.7 Å². The molecule has 7 nitrogen and oxygen atoms in total. The molecule has 1 unspecified atom stereocenters. The highest BCUT2D eigenvalue weighted by molar-refractivity contribution is 5.92. The van der Waals surface area contributed by atoms with Crippen molar-refractivity contribution in [3.8, 4) is 0 Å². The van der Waals surface area contributed by atoms with E-state index in [9.17, 15) is 18.0 Å². The molecule has 22 heavy (non-hydrogen) atoms. The van der Waals surface area contributed by atoms with Crippen molar-refractivity contribution in [3.05, 3.63) is 29.6 Å². The average Bonchev–Trinajstić information content (AvgIpc) is 3.07. The zero-order valence-corrected chi connectivity index (χ0v) is 11.4. The highest BCUT2D eigenvalue weighted by atomic mass is 19.4. The highest BCUT2D eigenvalue weighted by Gasteiger charge is 2.34. The zero-order chi connectivity index (χ0) is 15.7. The molecule has 0 saturated heterocycles. The Balaban J connectivity index is 1.62. The van der Waals surface area contributed by atoms with Gasteiger partial charge in [0.2, 0.25) is 0 Å². The Morgan fingerprint density at radius 2 is 2.23 bits per heavy atom. The van der Waals surface area contributed by atoms with E-state index in [1.165, 1.54) is 0 Å². The molecule has 3 rings (SSSR count). The van der Waals surface area contributed by atoms with Crippen molar-refractivity contribution in [2.75, 3.05) is 0 Å². The molecule has 3 heterocycles. The predicted octanol–water partition coefficient (Wildman–Crippen LogP) is 1.15. The van der Waals surface area contributed by atoms with Crippen LogP contribution >= 0.6 is 0 Å². The van der Waals surface area contributed by atoms with Crippen molar-refractivity contribution in [1.29, 1.82) is 0 Å². The van der Waals surface area contributed by atoms with E-state index in [1.807, 2.05) is 9.67 Å². The fourth-order valence-corrected chi connectivity index (χ4v) is 2.39. The van der Waals surface area contributed by atoms with E-state index in [0.29, 0.717) is 31.9 Å². The number of halogens is 3. The number of carbonyl (C=O) groups is 1. The van der Waals surface area contributed by atoms with Crippen LogP contribution in [0.1, 0.15) is 34.8 Å². The molecule has 1 amide bonds. The molecule has 2 N–H and O–H groups in total. The molecule has 0 radical (unpaired) electrons. The Labute approximate surface area is 122 Å². The lowest BCUT2D eigenvalue weighted by Gasteiger charge is -2.14. The second-order valence-corrected chi connectivity index (χ2v) is 5.10. The minimum Gasteiger partial charge on any atom is -0.348 e. The van der Waals surface area contributed by atoms with Crippen LogP contribution in [0.5, 0.6) is 0 Å². The Kier molecular flexibility index (Phi) is 3.59. The molecule has 0 fully saturated rings. The van der Waals surface area contributed by atoms with E-state index < -0.39 is 17.8 Å². The van der Waals surface area contributed by atoms with Gasteiger partial charge in [0.1, 0.15) is 17.8 Å². The number of nitrogens with zero attached hydrogens (tertiary/aromatic N) is 4. The summed E-state index contributed by atoms with van der Waals surface area (Å²) in [5.74, 6) is 0.227. The van der Waals surface area contributed by atoms with Crippen molar-refractivity contribution < 1.29 is 18.0 Å². The minimum absolute atomic E-state index is 0.139. The van der Waals surface area contributed by atoms with Gasteiger partial charge >= 0.3 is 6.18 Å². The summed E-state index contributed by atoms with van der Waals surface area (Å²) >= 11 is 0. The van der Waals surface area contributed by atoms with Crippen molar-refractivity contribution in [3.63, 3.8) is 0 Å². The van der Waals surface area contributed by atoms with Crippen LogP contribution in [-0.4, -0.2) is 36.9 Å². The van der Waals surface area contributed by atoms with Gasteiger partial charge in [0.15, 0.2) is 5.69 Å². The van der Waals surface area contributed by atoms with Crippen molar-refractivity contribution in [2.45, 2.75) is 38.0 Å². The minimum atomic E-state index is -4.55. The first kappa shape index (κ1) is 14.5. The summed E-state index contributed by atoms with van der Waals surface area (Å²) in [7, 11) is 0. The average molecular weight is 314 g/mol. The number of aromatic nitrogens is 5. The summed E-state index contributed by atoms with van der Waals surface area (Å²) in [4.78, 5) is 12.0. The number of aryl methyl sites for hydroxylation is 2. The third kappa shape index (κ3) is 2.95. The smallest absolute Gasteiger partial charge is 0.348 e. The van der Waals surface area contributed by atoms with E-state index in [1.54, 1.807) is 6.33 Å². The van der Waals surface area contributed by atoms with Gasteiger partial charge in [-0.2, -0.15) is 18.3 Å². The maximum absolute atomic E-state index is 12.5. The number of hydrogen-bond acceptors (Lipinski definition) is 4. The second-order valence-electron chi connectivity index (χ2n) is 5.10. The van der Waals surface area contributed by atoms with E-state index >= 15 is 0 Å². The van der Waals surface area contributed by atoms with Crippen molar-refractivity contribution in [2.24, 2.45) is 0 Å². The number of carbonyl (C=O) groups excluding carboxylic acids is 1. The van der Waals surface area contributed by atoms with Gasteiger partial charge in [-0.25, -0.2) is 0 Å². The van der Waals surface area contributed by atoms with Crippen molar-refractivity contribution in [1.82, 2.24) is 30.3 Å². The molecule has 118 valence electrons. The van der Waals surface area contributed by atoms with Gasteiger partial charge in [0.05, 0.1) is 0 Å².